The number of ether oxygens (including phenoxy) is 1. The summed E-state index contributed by atoms with van der Waals surface area (Å²) in [6.45, 7) is 1.39. The first kappa shape index (κ1) is 23.8. The topological polar surface area (TPSA) is 56.1 Å². The Balaban J connectivity index is 1.26. The van der Waals surface area contributed by atoms with Crippen LogP contribution >= 0.6 is 11.6 Å². The first-order valence-corrected chi connectivity index (χ1v) is 12.1. The molecule has 0 unspecified atom stereocenters. The second-order valence-corrected chi connectivity index (χ2v) is 8.79. The lowest BCUT2D eigenvalue weighted by atomic mass is 10.1. The lowest BCUT2D eigenvalue weighted by Gasteiger charge is -2.11. The average molecular weight is 476 g/mol. The molecule has 5 nitrogen and oxygen atoms in total. The number of fused-ring (bicyclic) bond motifs is 1. The van der Waals surface area contributed by atoms with Crippen LogP contribution in [-0.2, 0) is 24.2 Å². The molecule has 0 aliphatic carbocycles. The van der Waals surface area contributed by atoms with Crippen molar-refractivity contribution < 1.29 is 9.53 Å². The van der Waals surface area contributed by atoms with Crippen LogP contribution < -0.4 is 10.1 Å². The van der Waals surface area contributed by atoms with E-state index in [0.29, 0.717) is 19.5 Å². The molecule has 4 rings (SSSR count). The number of methoxy groups -OCH3 is 1. The predicted octanol–water partition coefficient (Wildman–Crippen LogP) is 5.82. The molecule has 0 radical (unpaired) electrons. The molecule has 0 atom stereocenters. The van der Waals surface area contributed by atoms with Crippen molar-refractivity contribution in [2.24, 2.45) is 0 Å². The number of para-hydroxylation sites is 2. The van der Waals surface area contributed by atoms with Gasteiger partial charge in [0.2, 0.25) is 5.91 Å². The lowest BCUT2D eigenvalue weighted by Crippen LogP contribution is -2.26. The van der Waals surface area contributed by atoms with Crippen molar-refractivity contribution in [3.63, 3.8) is 0 Å². The molecule has 0 spiro atoms. The number of carbonyl (C=O) groups excluding carboxylic acids is 1. The van der Waals surface area contributed by atoms with Crippen LogP contribution in [-0.4, -0.2) is 29.1 Å². The number of aryl methyl sites for hydroxylation is 1. The number of benzene rings is 3. The van der Waals surface area contributed by atoms with Gasteiger partial charge in [-0.3, -0.25) is 4.79 Å². The van der Waals surface area contributed by atoms with E-state index in [2.05, 4.69) is 28.1 Å². The number of amides is 1. The van der Waals surface area contributed by atoms with E-state index in [1.807, 2.05) is 54.6 Å². The van der Waals surface area contributed by atoms with Gasteiger partial charge in [-0.1, -0.05) is 60.5 Å². The van der Waals surface area contributed by atoms with Crippen molar-refractivity contribution in [2.75, 3.05) is 13.7 Å². The number of carbonyl (C=O) groups is 1. The van der Waals surface area contributed by atoms with E-state index in [1.165, 1.54) is 0 Å². The minimum Gasteiger partial charge on any atom is -0.497 e. The van der Waals surface area contributed by atoms with E-state index in [-0.39, 0.29) is 5.91 Å². The van der Waals surface area contributed by atoms with Crippen molar-refractivity contribution in [3.05, 3.63) is 94.8 Å². The van der Waals surface area contributed by atoms with Crippen molar-refractivity contribution in [2.45, 2.75) is 38.6 Å². The number of hydrogen-bond acceptors (Lipinski definition) is 3. The maximum absolute atomic E-state index is 12.2. The van der Waals surface area contributed by atoms with Crippen LogP contribution in [0.1, 0.15) is 36.2 Å². The van der Waals surface area contributed by atoms with Crippen LogP contribution in [0.5, 0.6) is 5.75 Å². The Kier molecular flexibility index (Phi) is 8.21. The molecular formula is C28H30ClN3O2. The summed E-state index contributed by atoms with van der Waals surface area (Å²) in [7, 11) is 1.64. The van der Waals surface area contributed by atoms with Gasteiger partial charge >= 0.3 is 0 Å². The quantitative estimate of drug-likeness (QED) is 0.278. The van der Waals surface area contributed by atoms with Gasteiger partial charge in [0.1, 0.15) is 11.6 Å². The minimum absolute atomic E-state index is 0.0479. The molecule has 0 saturated heterocycles. The summed E-state index contributed by atoms with van der Waals surface area (Å²) in [5, 5.41) is 3.80. The Hall–Kier alpha value is -3.31. The van der Waals surface area contributed by atoms with E-state index in [9.17, 15) is 4.79 Å². The van der Waals surface area contributed by atoms with Gasteiger partial charge in [-0.25, -0.2) is 4.98 Å². The number of hydrogen-bond donors (Lipinski definition) is 1. The summed E-state index contributed by atoms with van der Waals surface area (Å²) in [4.78, 5) is 17.1. The molecule has 176 valence electrons. The first-order chi connectivity index (χ1) is 16.6. The smallest absolute Gasteiger partial charge is 0.224 e. The van der Waals surface area contributed by atoms with Gasteiger partial charge in [0.05, 0.1) is 31.1 Å². The van der Waals surface area contributed by atoms with E-state index >= 15 is 0 Å². The fraction of sp³-hybridized carbons (Fsp3) is 0.286. The molecule has 0 aliphatic heterocycles. The Morgan fingerprint density at radius 1 is 0.971 bits per heavy atom. The van der Waals surface area contributed by atoms with Crippen LogP contribution in [0.15, 0.2) is 72.8 Å². The predicted molar refractivity (Wildman–Crippen MR) is 138 cm³/mol. The summed E-state index contributed by atoms with van der Waals surface area (Å²) < 4.78 is 7.43. The molecule has 0 aliphatic rings. The molecule has 4 aromatic rings. The van der Waals surface area contributed by atoms with Crippen molar-refractivity contribution >= 4 is 28.5 Å². The van der Waals surface area contributed by atoms with Crippen LogP contribution in [0.25, 0.3) is 11.0 Å². The second-order valence-electron chi connectivity index (χ2n) is 8.38. The van der Waals surface area contributed by atoms with E-state index in [0.717, 1.165) is 64.4 Å². The summed E-state index contributed by atoms with van der Waals surface area (Å²) >= 11 is 6.42. The summed E-state index contributed by atoms with van der Waals surface area (Å²) in [5.41, 5.74) is 4.21. The number of halogens is 1. The molecule has 0 saturated carbocycles. The van der Waals surface area contributed by atoms with Gasteiger partial charge < -0.3 is 14.6 Å². The van der Waals surface area contributed by atoms with Gasteiger partial charge in [-0.2, -0.15) is 0 Å². The molecule has 6 heteroatoms. The number of nitrogens with zero attached hydrogens (tertiary/aromatic N) is 2. The molecule has 1 aromatic heterocycles. The van der Waals surface area contributed by atoms with Crippen LogP contribution in [0.2, 0.25) is 5.02 Å². The standard InChI is InChI=1S/C28H30ClN3O2/c1-34-23-16-14-21(15-17-23)19-28(33)30-18-8-2-3-13-27-31-25-11-6-7-12-26(25)32(27)20-22-9-4-5-10-24(22)29/h4-7,9-12,14-17H,2-3,8,13,18-20H2,1H3,(H,30,33). The molecule has 0 bridgehead atoms. The Morgan fingerprint density at radius 2 is 1.74 bits per heavy atom. The van der Waals surface area contributed by atoms with Gasteiger partial charge in [0.25, 0.3) is 0 Å². The second kappa shape index (κ2) is 11.7. The van der Waals surface area contributed by atoms with Crippen LogP contribution in [0.4, 0.5) is 0 Å². The molecular weight excluding hydrogens is 446 g/mol. The van der Waals surface area contributed by atoms with Crippen molar-refractivity contribution in [1.82, 2.24) is 14.9 Å². The number of rotatable bonds is 11. The SMILES string of the molecule is COc1ccc(CC(=O)NCCCCCc2nc3ccccc3n2Cc2ccccc2Cl)cc1. The van der Waals surface area contributed by atoms with Gasteiger partial charge in [-0.15, -0.1) is 0 Å². The van der Waals surface area contributed by atoms with Gasteiger partial charge in [0, 0.05) is 18.0 Å². The Labute approximate surface area is 205 Å². The van der Waals surface area contributed by atoms with Crippen molar-refractivity contribution in [3.8, 4) is 5.75 Å². The Morgan fingerprint density at radius 3 is 2.53 bits per heavy atom. The summed E-state index contributed by atoms with van der Waals surface area (Å²) in [6.07, 6.45) is 4.26. The summed E-state index contributed by atoms with van der Waals surface area (Å²) in [6, 6.07) is 23.8. The zero-order valence-corrected chi connectivity index (χ0v) is 20.2. The normalized spacial score (nSPS) is 11.0. The molecule has 34 heavy (non-hydrogen) atoms. The molecule has 1 amide bonds. The highest BCUT2D eigenvalue weighted by atomic mass is 35.5. The maximum atomic E-state index is 12.2. The highest BCUT2D eigenvalue weighted by Crippen LogP contribution is 2.23. The molecule has 1 heterocycles. The number of nitrogens with one attached hydrogen (secondary N) is 1. The fourth-order valence-electron chi connectivity index (χ4n) is 4.09. The highest BCUT2D eigenvalue weighted by molar-refractivity contribution is 6.31. The summed E-state index contributed by atoms with van der Waals surface area (Å²) in [5.74, 6) is 1.92. The van der Waals surface area contributed by atoms with Gasteiger partial charge in [0.15, 0.2) is 0 Å². The molecule has 0 fully saturated rings. The number of unbranched alkanes of at least 4 members (excludes halogenated alkanes) is 2. The number of aromatic nitrogens is 2. The molecule has 3 aromatic carbocycles. The third-order valence-electron chi connectivity index (χ3n) is 5.94. The van der Waals surface area contributed by atoms with E-state index < -0.39 is 0 Å². The number of imidazole rings is 1. The maximum Gasteiger partial charge on any atom is 0.224 e. The zero-order chi connectivity index (χ0) is 23.8. The lowest BCUT2D eigenvalue weighted by molar-refractivity contribution is -0.120. The van der Waals surface area contributed by atoms with Crippen LogP contribution in [0.3, 0.4) is 0 Å². The third-order valence-corrected chi connectivity index (χ3v) is 6.31. The highest BCUT2D eigenvalue weighted by Gasteiger charge is 2.12. The first-order valence-electron chi connectivity index (χ1n) is 11.7. The Bertz CT molecular complexity index is 1230. The van der Waals surface area contributed by atoms with E-state index in [4.69, 9.17) is 21.3 Å². The largest absolute Gasteiger partial charge is 0.497 e. The fourth-order valence-corrected chi connectivity index (χ4v) is 4.29. The minimum atomic E-state index is 0.0479. The molecule has 1 N–H and O–H groups in total. The van der Waals surface area contributed by atoms with Crippen molar-refractivity contribution in [1.29, 1.82) is 0 Å². The third kappa shape index (κ3) is 6.17. The van der Waals surface area contributed by atoms with E-state index in [1.54, 1.807) is 7.11 Å². The monoisotopic (exact) mass is 475 g/mol. The van der Waals surface area contributed by atoms with Gasteiger partial charge in [-0.05, 0) is 54.3 Å². The average Bonchev–Trinajstić information content (AvgIpc) is 3.20. The zero-order valence-electron chi connectivity index (χ0n) is 19.5. The van der Waals surface area contributed by atoms with Crippen LogP contribution in [0, 0.1) is 0 Å².